The van der Waals surface area contributed by atoms with Gasteiger partial charge in [0.1, 0.15) is 0 Å². The molecule has 6 nitrogen and oxygen atoms in total. The van der Waals surface area contributed by atoms with Crippen LogP contribution in [-0.2, 0) is 24.3 Å². The van der Waals surface area contributed by atoms with Crippen molar-refractivity contribution < 1.29 is 21.0 Å². The Balaban J connectivity index is 1.72. The molecule has 1 aliphatic rings. The Hall–Kier alpha value is -1.74. The first kappa shape index (κ1) is 19.0. The van der Waals surface area contributed by atoms with Crippen LogP contribution in [0.1, 0.15) is 17.5 Å². The van der Waals surface area contributed by atoms with E-state index in [4.69, 9.17) is 4.18 Å². The van der Waals surface area contributed by atoms with Gasteiger partial charge in [-0.3, -0.25) is 4.18 Å². The van der Waals surface area contributed by atoms with E-state index >= 15 is 0 Å². The molecule has 0 unspecified atom stereocenters. The van der Waals surface area contributed by atoms with Gasteiger partial charge in [-0.05, 0) is 44.5 Å². The normalized spacial score (nSPS) is 18.9. The van der Waals surface area contributed by atoms with Crippen LogP contribution in [0.2, 0.25) is 0 Å². The zero-order valence-corrected chi connectivity index (χ0v) is 16.3. The van der Waals surface area contributed by atoms with Crippen LogP contribution >= 0.6 is 0 Å². The molecule has 1 fully saturated rings. The van der Waals surface area contributed by atoms with Crippen molar-refractivity contribution in [3.8, 4) is 0 Å². The molecule has 0 aliphatic carbocycles. The van der Waals surface area contributed by atoms with Crippen LogP contribution in [0.5, 0.6) is 0 Å². The molecule has 1 saturated heterocycles. The highest BCUT2D eigenvalue weighted by atomic mass is 32.2. The lowest BCUT2D eigenvalue weighted by Crippen LogP contribution is -2.31. The molecule has 26 heavy (non-hydrogen) atoms. The highest BCUT2D eigenvalue weighted by molar-refractivity contribution is 7.89. The molecule has 2 aromatic carbocycles. The van der Waals surface area contributed by atoms with Gasteiger partial charge in [-0.2, -0.15) is 12.7 Å². The van der Waals surface area contributed by atoms with Gasteiger partial charge < -0.3 is 0 Å². The molecule has 1 atom stereocenters. The predicted molar refractivity (Wildman–Crippen MR) is 97.8 cm³/mol. The van der Waals surface area contributed by atoms with Gasteiger partial charge in [-0.25, -0.2) is 8.42 Å². The lowest BCUT2D eigenvalue weighted by Gasteiger charge is -2.17. The van der Waals surface area contributed by atoms with Gasteiger partial charge in [0.2, 0.25) is 10.0 Å². The fraction of sp³-hybridized carbons (Fsp3) is 0.333. The lowest BCUT2D eigenvalue weighted by molar-refractivity contribution is 0.222. The molecule has 0 N–H and O–H groups in total. The van der Waals surface area contributed by atoms with E-state index in [1.807, 2.05) is 13.8 Å². The third-order valence-corrected chi connectivity index (χ3v) is 7.59. The molecule has 0 bridgehead atoms. The van der Waals surface area contributed by atoms with Crippen LogP contribution in [-0.4, -0.2) is 40.3 Å². The topological polar surface area (TPSA) is 80.8 Å². The van der Waals surface area contributed by atoms with Crippen molar-refractivity contribution in [3.63, 3.8) is 0 Å². The maximum atomic E-state index is 12.7. The molecule has 0 spiro atoms. The summed E-state index contributed by atoms with van der Waals surface area (Å²) in [5, 5.41) is 0. The summed E-state index contributed by atoms with van der Waals surface area (Å²) in [6.07, 6.45) is -0.363. The molecular formula is C18H21NO5S2. The number of nitrogens with zero attached hydrogens (tertiary/aromatic N) is 1. The van der Waals surface area contributed by atoms with Crippen molar-refractivity contribution in [1.29, 1.82) is 0 Å². The fourth-order valence-corrected chi connectivity index (χ4v) is 5.38. The van der Waals surface area contributed by atoms with Crippen LogP contribution in [0.25, 0.3) is 0 Å². The van der Waals surface area contributed by atoms with E-state index in [2.05, 4.69) is 0 Å². The van der Waals surface area contributed by atoms with E-state index in [9.17, 15) is 16.8 Å². The molecular weight excluding hydrogens is 374 g/mol. The second kappa shape index (κ2) is 7.11. The van der Waals surface area contributed by atoms with Crippen molar-refractivity contribution >= 4 is 20.1 Å². The molecule has 3 rings (SSSR count). The number of hydrogen-bond acceptors (Lipinski definition) is 5. The summed E-state index contributed by atoms with van der Waals surface area (Å²) >= 11 is 0. The van der Waals surface area contributed by atoms with Crippen molar-refractivity contribution in [3.05, 3.63) is 59.7 Å². The van der Waals surface area contributed by atoms with Crippen LogP contribution in [0.4, 0.5) is 0 Å². The average Bonchev–Trinajstić information content (AvgIpc) is 3.04. The zero-order chi connectivity index (χ0) is 18.9. The molecule has 2 aromatic rings. The summed E-state index contributed by atoms with van der Waals surface area (Å²) < 4.78 is 56.7. The second-order valence-electron chi connectivity index (χ2n) is 6.45. The Labute approximate surface area is 154 Å². The summed E-state index contributed by atoms with van der Waals surface area (Å²) in [5.41, 5.74) is 1.91. The predicted octanol–water partition coefficient (Wildman–Crippen LogP) is 2.47. The van der Waals surface area contributed by atoms with Crippen LogP contribution in [0.3, 0.4) is 0 Å². The van der Waals surface area contributed by atoms with E-state index in [-0.39, 0.29) is 22.9 Å². The van der Waals surface area contributed by atoms with E-state index in [1.54, 1.807) is 36.4 Å². The van der Waals surface area contributed by atoms with E-state index in [1.165, 1.54) is 16.4 Å². The average molecular weight is 396 g/mol. The van der Waals surface area contributed by atoms with Gasteiger partial charge >= 0.3 is 0 Å². The van der Waals surface area contributed by atoms with Gasteiger partial charge in [0.25, 0.3) is 10.1 Å². The van der Waals surface area contributed by atoms with Gasteiger partial charge in [0.15, 0.2) is 0 Å². The molecule has 0 radical (unpaired) electrons. The SMILES string of the molecule is Cc1ccc(S(=O)(=O)O[C@H]2CCN(S(=O)(=O)c3ccc(C)cc3)C2)cc1. The van der Waals surface area contributed by atoms with Crippen molar-refractivity contribution in [2.75, 3.05) is 13.1 Å². The molecule has 0 amide bonds. The number of hydrogen-bond donors (Lipinski definition) is 0. The summed E-state index contributed by atoms with van der Waals surface area (Å²) in [6, 6.07) is 12.9. The highest BCUT2D eigenvalue weighted by Crippen LogP contribution is 2.25. The van der Waals surface area contributed by atoms with E-state index in [0.29, 0.717) is 6.42 Å². The second-order valence-corrected chi connectivity index (χ2v) is 9.96. The Morgan fingerprint density at radius 3 is 1.88 bits per heavy atom. The van der Waals surface area contributed by atoms with Gasteiger partial charge in [-0.1, -0.05) is 35.4 Å². The molecule has 8 heteroatoms. The molecule has 140 valence electrons. The highest BCUT2D eigenvalue weighted by Gasteiger charge is 2.35. The van der Waals surface area contributed by atoms with Crippen LogP contribution < -0.4 is 0 Å². The number of benzene rings is 2. The lowest BCUT2D eigenvalue weighted by atomic mass is 10.2. The monoisotopic (exact) mass is 395 g/mol. The number of rotatable bonds is 5. The van der Waals surface area contributed by atoms with Crippen molar-refractivity contribution in [2.24, 2.45) is 0 Å². The summed E-state index contributed by atoms with van der Waals surface area (Å²) in [5.74, 6) is 0. The third kappa shape index (κ3) is 3.98. The third-order valence-electron chi connectivity index (χ3n) is 4.34. The summed E-state index contributed by atoms with van der Waals surface area (Å²) in [7, 11) is -7.58. The molecule has 1 aliphatic heterocycles. The maximum Gasteiger partial charge on any atom is 0.297 e. The first-order chi connectivity index (χ1) is 12.2. The standard InChI is InChI=1S/C18H21NO5S2/c1-14-3-7-17(8-4-14)25(20,21)19-12-11-16(13-19)24-26(22,23)18-9-5-15(2)6-10-18/h3-10,16H,11-13H2,1-2H3/t16-/m0/s1. The number of sulfonamides is 1. The molecule has 0 saturated carbocycles. The van der Waals surface area contributed by atoms with Crippen molar-refractivity contribution in [2.45, 2.75) is 36.2 Å². The minimum Gasteiger partial charge on any atom is -0.262 e. The molecule has 0 aromatic heterocycles. The Bertz CT molecular complexity index is 981. The van der Waals surface area contributed by atoms with Crippen LogP contribution in [0.15, 0.2) is 58.3 Å². The fourth-order valence-electron chi connectivity index (χ4n) is 2.79. The zero-order valence-electron chi connectivity index (χ0n) is 14.6. The van der Waals surface area contributed by atoms with E-state index in [0.717, 1.165) is 11.1 Å². The van der Waals surface area contributed by atoms with Gasteiger partial charge in [0, 0.05) is 13.1 Å². The van der Waals surface area contributed by atoms with Crippen LogP contribution in [0, 0.1) is 13.8 Å². The van der Waals surface area contributed by atoms with E-state index < -0.39 is 26.2 Å². The van der Waals surface area contributed by atoms with Gasteiger partial charge in [-0.15, -0.1) is 0 Å². The minimum absolute atomic E-state index is 0.0152. The first-order valence-electron chi connectivity index (χ1n) is 8.25. The summed E-state index contributed by atoms with van der Waals surface area (Å²) in [6.45, 7) is 3.99. The minimum atomic E-state index is -3.92. The smallest absolute Gasteiger partial charge is 0.262 e. The Kier molecular flexibility index (Phi) is 5.21. The Morgan fingerprint density at radius 2 is 1.35 bits per heavy atom. The quantitative estimate of drug-likeness (QED) is 0.727. The summed E-state index contributed by atoms with van der Waals surface area (Å²) in [4.78, 5) is 0.271. The van der Waals surface area contributed by atoms with Gasteiger partial charge in [0.05, 0.1) is 15.9 Å². The first-order valence-corrected chi connectivity index (χ1v) is 11.1. The van der Waals surface area contributed by atoms with Crippen molar-refractivity contribution in [1.82, 2.24) is 4.31 Å². The maximum absolute atomic E-state index is 12.7. The number of aryl methyl sites for hydroxylation is 2. The Morgan fingerprint density at radius 1 is 0.846 bits per heavy atom. The molecule has 1 heterocycles. The largest absolute Gasteiger partial charge is 0.297 e.